The summed E-state index contributed by atoms with van der Waals surface area (Å²) in [6.07, 6.45) is -4.13. The maximum atomic E-state index is 12.6. The quantitative estimate of drug-likeness (QED) is 0.642. The van der Waals surface area contributed by atoms with Crippen LogP contribution in [-0.4, -0.2) is 4.98 Å². The van der Waals surface area contributed by atoms with E-state index in [2.05, 4.69) is 4.98 Å². The van der Waals surface area contributed by atoms with Gasteiger partial charge in [-0.2, -0.15) is 13.2 Å². The molecule has 0 aliphatic rings. The van der Waals surface area contributed by atoms with E-state index in [4.69, 9.17) is 5.73 Å². The monoisotopic (exact) mass is 194 g/mol. The zero-order chi connectivity index (χ0) is 10.2. The minimum atomic E-state index is -4.64. The number of halogens is 4. The molecule has 0 fully saturated rings. The summed E-state index contributed by atoms with van der Waals surface area (Å²) >= 11 is 0. The van der Waals surface area contributed by atoms with Crippen LogP contribution in [0.1, 0.15) is 11.3 Å². The number of pyridine rings is 1. The van der Waals surface area contributed by atoms with Crippen LogP contribution in [0.25, 0.3) is 0 Å². The molecule has 1 aromatic rings. The standard InChI is InChI=1S/C7H6F4N2/c1-3-4(8)2-13-6(5(3)12)7(9,10)11/h2H,12H2,1H3. The number of hydrogen-bond acceptors (Lipinski definition) is 2. The number of nitrogen functional groups attached to an aromatic ring is 1. The molecule has 0 bridgehead atoms. The largest absolute Gasteiger partial charge is 0.435 e. The van der Waals surface area contributed by atoms with Gasteiger partial charge in [0, 0.05) is 5.56 Å². The highest BCUT2D eigenvalue weighted by atomic mass is 19.4. The van der Waals surface area contributed by atoms with Gasteiger partial charge in [-0.1, -0.05) is 0 Å². The van der Waals surface area contributed by atoms with Crippen molar-refractivity contribution in [3.63, 3.8) is 0 Å². The number of alkyl halides is 3. The number of hydrogen-bond donors (Lipinski definition) is 1. The van der Waals surface area contributed by atoms with Crippen LogP contribution in [0, 0.1) is 12.7 Å². The van der Waals surface area contributed by atoms with Gasteiger partial charge >= 0.3 is 6.18 Å². The fourth-order valence-electron chi connectivity index (χ4n) is 0.820. The van der Waals surface area contributed by atoms with Crippen molar-refractivity contribution >= 4 is 5.69 Å². The summed E-state index contributed by atoms with van der Waals surface area (Å²) in [5.41, 5.74) is 2.91. The van der Waals surface area contributed by atoms with E-state index in [9.17, 15) is 17.6 Å². The van der Waals surface area contributed by atoms with Crippen LogP contribution < -0.4 is 5.73 Å². The minimum Gasteiger partial charge on any atom is -0.397 e. The third-order valence-electron chi connectivity index (χ3n) is 1.59. The SMILES string of the molecule is Cc1c(F)cnc(C(F)(F)F)c1N. The van der Waals surface area contributed by atoms with Crippen molar-refractivity contribution in [2.45, 2.75) is 13.1 Å². The van der Waals surface area contributed by atoms with Gasteiger partial charge in [-0.25, -0.2) is 9.37 Å². The van der Waals surface area contributed by atoms with Gasteiger partial charge in [0.15, 0.2) is 5.69 Å². The molecule has 1 aromatic heterocycles. The molecule has 2 N–H and O–H groups in total. The molecule has 6 heteroatoms. The zero-order valence-corrected chi connectivity index (χ0v) is 6.61. The Balaban J connectivity index is 3.35. The fraction of sp³-hybridized carbons (Fsp3) is 0.286. The van der Waals surface area contributed by atoms with Gasteiger partial charge in [-0.15, -0.1) is 0 Å². The highest BCUT2D eigenvalue weighted by Crippen LogP contribution is 2.33. The third-order valence-corrected chi connectivity index (χ3v) is 1.59. The Morgan fingerprint density at radius 1 is 1.38 bits per heavy atom. The molecular weight excluding hydrogens is 188 g/mol. The van der Waals surface area contributed by atoms with E-state index in [-0.39, 0.29) is 5.56 Å². The van der Waals surface area contributed by atoms with E-state index >= 15 is 0 Å². The van der Waals surface area contributed by atoms with Crippen LogP contribution in [0.4, 0.5) is 23.2 Å². The van der Waals surface area contributed by atoms with Gasteiger partial charge in [-0.3, -0.25) is 0 Å². The smallest absolute Gasteiger partial charge is 0.397 e. The van der Waals surface area contributed by atoms with Crippen molar-refractivity contribution in [1.29, 1.82) is 0 Å². The highest BCUT2D eigenvalue weighted by Gasteiger charge is 2.35. The predicted octanol–water partition coefficient (Wildman–Crippen LogP) is 2.13. The van der Waals surface area contributed by atoms with Crippen molar-refractivity contribution in [2.75, 3.05) is 5.73 Å². The second-order valence-electron chi connectivity index (χ2n) is 2.49. The Morgan fingerprint density at radius 2 is 1.92 bits per heavy atom. The van der Waals surface area contributed by atoms with Crippen LogP contribution in [0.5, 0.6) is 0 Å². The summed E-state index contributed by atoms with van der Waals surface area (Å²) in [4.78, 5) is 2.88. The predicted molar refractivity (Wildman–Crippen MR) is 38.3 cm³/mol. The van der Waals surface area contributed by atoms with Crippen molar-refractivity contribution in [1.82, 2.24) is 4.98 Å². The van der Waals surface area contributed by atoms with E-state index in [1.54, 1.807) is 0 Å². The first-order valence-electron chi connectivity index (χ1n) is 3.32. The van der Waals surface area contributed by atoms with Crippen LogP contribution in [0.2, 0.25) is 0 Å². The summed E-state index contributed by atoms with van der Waals surface area (Å²) in [5.74, 6) is -0.842. The van der Waals surface area contributed by atoms with Gasteiger partial charge in [-0.05, 0) is 6.92 Å². The lowest BCUT2D eigenvalue weighted by molar-refractivity contribution is -0.140. The molecule has 0 atom stereocenters. The molecule has 0 aliphatic carbocycles. The van der Waals surface area contributed by atoms with Gasteiger partial charge in [0.25, 0.3) is 0 Å². The van der Waals surface area contributed by atoms with Crippen LogP contribution in [0.15, 0.2) is 6.20 Å². The van der Waals surface area contributed by atoms with E-state index in [0.717, 1.165) is 0 Å². The molecule has 1 rings (SSSR count). The van der Waals surface area contributed by atoms with Gasteiger partial charge in [0.05, 0.1) is 11.9 Å². The van der Waals surface area contributed by atoms with Crippen molar-refractivity contribution in [3.8, 4) is 0 Å². The van der Waals surface area contributed by atoms with Crippen LogP contribution in [-0.2, 0) is 6.18 Å². The summed E-state index contributed by atoms with van der Waals surface area (Å²) in [6.45, 7) is 1.17. The average molecular weight is 194 g/mol. The first kappa shape index (κ1) is 9.76. The summed E-state index contributed by atoms with van der Waals surface area (Å²) in [7, 11) is 0. The molecule has 0 saturated heterocycles. The van der Waals surface area contributed by atoms with Crippen molar-refractivity contribution < 1.29 is 17.6 Å². The second kappa shape index (κ2) is 2.86. The highest BCUT2D eigenvalue weighted by molar-refractivity contribution is 5.51. The molecule has 13 heavy (non-hydrogen) atoms. The van der Waals surface area contributed by atoms with Gasteiger partial charge in [0.2, 0.25) is 0 Å². The maximum absolute atomic E-state index is 12.6. The number of anilines is 1. The van der Waals surface area contributed by atoms with Crippen molar-refractivity contribution in [2.24, 2.45) is 0 Å². The fourth-order valence-corrected chi connectivity index (χ4v) is 0.820. The molecule has 0 spiro atoms. The lowest BCUT2D eigenvalue weighted by Crippen LogP contribution is -2.13. The van der Waals surface area contributed by atoms with Crippen LogP contribution in [0.3, 0.4) is 0 Å². The van der Waals surface area contributed by atoms with E-state index < -0.39 is 23.4 Å². The zero-order valence-electron chi connectivity index (χ0n) is 6.61. The topological polar surface area (TPSA) is 38.9 Å². The molecule has 0 amide bonds. The molecule has 1 heterocycles. The van der Waals surface area contributed by atoms with Gasteiger partial charge in [0.1, 0.15) is 5.82 Å². The Kier molecular flexibility index (Phi) is 2.15. The van der Waals surface area contributed by atoms with E-state index in [0.29, 0.717) is 6.20 Å². The molecule has 2 nitrogen and oxygen atoms in total. The van der Waals surface area contributed by atoms with E-state index in [1.807, 2.05) is 0 Å². The normalized spacial score (nSPS) is 11.8. The Labute approximate surface area is 71.4 Å². The molecule has 0 saturated carbocycles. The third kappa shape index (κ3) is 1.71. The molecule has 0 aliphatic heterocycles. The number of aromatic nitrogens is 1. The second-order valence-corrected chi connectivity index (χ2v) is 2.49. The Morgan fingerprint density at radius 3 is 2.38 bits per heavy atom. The summed E-state index contributed by atoms with van der Waals surface area (Å²) in [6, 6.07) is 0. The molecule has 0 unspecified atom stereocenters. The molecule has 72 valence electrons. The maximum Gasteiger partial charge on any atom is 0.435 e. The van der Waals surface area contributed by atoms with E-state index in [1.165, 1.54) is 6.92 Å². The number of rotatable bonds is 0. The molecular formula is C7H6F4N2. The molecule has 0 radical (unpaired) electrons. The lowest BCUT2D eigenvalue weighted by Gasteiger charge is -2.10. The Hall–Kier alpha value is -1.33. The average Bonchev–Trinajstić information content (AvgIpc) is 1.98. The van der Waals surface area contributed by atoms with Crippen LogP contribution >= 0.6 is 0 Å². The minimum absolute atomic E-state index is 0.234. The number of nitrogens with two attached hydrogens (primary N) is 1. The van der Waals surface area contributed by atoms with Gasteiger partial charge < -0.3 is 5.73 Å². The van der Waals surface area contributed by atoms with Crippen molar-refractivity contribution in [3.05, 3.63) is 23.3 Å². The number of nitrogens with zero attached hydrogens (tertiary/aromatic N) is 1. The summed E-state index contributed by atoms with van der Waals surface area (Å²) < 4.78 is 48.9. The first-order chi connectivity index (χ1) is 5.84. The molecule has 0 aromatic carbocycles. The Bertz CT molecular complexity index is 332. The first-order valence-corrected chi connectivity index (χ1v) is 3.32. The summed E-state index contributed by atoms with van der Waals surface area (Å²) in [5, 5.41) is 0. The lowest BCUT2D eigenvalue weighted by atomic mass is 10.2.